The van der Waals surface area contributed by atoms with Crippen molar-refractivity contribution in [3.63, 3.8) is 0 Å². The molecule has 0 aromatic heterocycles. The van der Waals surface area contributed by atoms with Crippen molar-refractivity contribution < 1.29 is 33.6 Å². The number of carbonyl (C=O) groups excluding carboxylic acids is 2. The number of hydrogen-bond donors (Lipinski definition) is 1. The van der Waals surface area contributed by atoms with Crippen molar-refractivity contribution in [1.82, 2.24) is 9.80 Å². The first-order valence-electron chi connectivity index (χ1n) is 20.7. The van der Waals surface area contributed by atoms with Gasteiger partial charge in [0.2, 0.25) is 11.8 Å². The van der Waals surface area contributed by atoms with Crippen LogP contribution in [-0.2, 0) is 28.5 Å². The zero-order valence-electron chi connectivity index (χ0n) is 32.0. The molecule has 9 rings (SSSR count). The number of aliphatic hydroxyl groups excluding tert-OH is 1. The molecule has 6 saturated carbocycles. The Morgan fingerprint density at radius 3 is 2.47 bits per heavy atom. The lowest BCUT2D eigenvalue weighted by atomic mass is 9.41. The smallest absolute Gasteiger partial charge is 0.223 e. The monoisotopic (exact) mass is 707 g/mol. The quantitative estimate of drug-likeness (QED) is 0.342. The largest absolute Gasteiger partial charge is 0.389 e. The second-order valence-electron chi connectivity index (χ2n) is 19.5. The zero-order valence-corrected chi connectivity index (χ0v) is 32.0. The molecule has 1 unspecified atom stereocenters. The van der Waals surface area contributed by atoms with Crippen molar-refractivity contribution in [2.24, 2.45) is 50.7 Å². The number of ether oxygens (including phenoxy) is 4. The van der Waals surface area contributed by atoms with Crippen LogP contribution >= 0.6 is 0 Å². The number of amides is 2. The van der Waals surface area contributed by atoms with E-state index >= 15 is 0 Å². The molecule has 283 valence electrons. The summed E-state index contributed by atoms with van der Waals surface area (Å²) in [6, 6.07) is 0. The summed E-state index contributed by atoms with van der Waals surface area (Å²) < 4.78 is 25.2. The molecule has 0 aromatic rings. The summed E-state index contributed by atoms with van der Waals surface area (Å²) in [5.41, 5.74) is 0.0854. The molecular weight excluding hydrogens is 644 g/mol. The van der Waals surface area contributed by atoms with Crippen molar-refractivity contribution in [1.29, 1.82) is 0 Å². The lowest BCUT2D eigenvalue weighted by Crippen LogP contribution is -2.59. The number of carbonyl (C=O) groups is 2. The van der Waals surface area contributed by atoms with Gasteiger partial charge in [0.25, 0.3) is 0 Å². The molecule has 9 aliphatic rings. The third-order valence-corrected chi connectivity index (χ3v) is 16.9. The summed E-state index contributed by atoms with van der Waals surface area (Å²) in [4.78, 5) is 29.8. The van der Waals surface area contributed by atoms with Gasteiger partial charge >= 0.3 is 0 Å². The van der Waals surface area contributed by atoms with Gasteiger partial charge in [-0.2, -0.15) is 0 Å². The summed E-state index contributed by atoms with van der Waals surface area (Å²) in [5, 5.41) is 12.5. The fraction of sp³-hybridized carbons (Fsp3) is 0.881. The van der Waals surface area contributed by atoms with Crippen LogP contribution in [0.25, 0.3) is 0 Å². The molecule has 6 aliphatic carbocycles. The molecule has 3 heterocycles. The van der Waals surface area contributed by atoms with Crippen LogP contribution in [0.4, 0.5) is 0 Å². The van der Waals surface area contributed by atoms with E-state index in [0.29, 0.717) is 83.0 Å². The highest BCUT2D eigenvalue weighted by Gasteiger charge is 2.85. The van der Waals surface area contributed by atoms with Gasteiger partial charge in [-0.05, 0) is 116 Å². The van der Waals surface area contributed by atoms with Gasteiger partial charge in [-0.15, -0.1) is 0 Å². The highest BCUT2D eigenvalue weighted by molar-refractivity contribution is 5.77. The van der Waals surface area contributed by atoms with Gasteiger partial charge < -0.3 is 33.9 Å². The van der Waals surface area contributed by atoms with Crippen molar-refractivity contribution in [3.8, 4) is 0 Å². The molecule has 3 saturated heterocycles. The Hall–Kier alpha value is -1.26. The maximum absolute atomic E-state index is 13.0. The third kappa shape index (κ3) is 5.23. The van der Waals surface area contributed by atoms with E-state index in [0.717, 1.165) is 50.7 Å². The summed E-state index contributed by atoms with van der Waals surface area (Å²) >= 11 is 0. The van der Waals surface area contributed by atoms with Crippen LogP contribution in [0.2, 0.25) is 0 Å². The van der Waals surface area contributed by atoms with Crippen LogP contribution in [0.15, 0.2) is 0 Å². The summed E-state index contributed by atoms with van der Waals surface area (Å²) in [7, 11) is 0. The molecule has 51 heavy (non-hydrogen) atoms. The van der Waals surface area contributed by atoms with Gasteiger partial charge in [-0.1, -0.05) is 34.6 Å². The second kappa shape index (κ2) is 12.4. The van der Waals surface area contributed by atoms with Gasteiger partial charge in [-0.3, -0.25) is 9.59 Å². The molecule has 3 radical (unpaired) electrons. The molecule has 2 amide bonds. The molecule has 10 atom stereocenters. The molecule has 9 fully saturated rings. The number of hydrogen-bond acceptors (Lipinski definition) is 7. The average molecular weight is 708 g/mol. The third-order valence-electron chi connectivity index (χ3n) is 16.9. The van der Waals surface area contributed by atoms with Crippen LogP contribution < -0.4 is 0 Å². The Balaban J connectivity index is 0.888. The van der Waals surface area contributed by atoms with Crippen molar-refractivity contribution in [2.45, 2.75) is 137 Å². The minimum atomic E-state index is -0.622. The molecule has 2 spiro atoms. The fourth-order valence-corrected chi connectivity index (χ4v) is 13.9. The van der Waals surface area contributed by atoms with Crippen LogP contribution in [0.5, 0.6) is 0 Å². The van der Waals surface area contributed by atoms with E-state index in [9.17, 15) is 14.7 Å². The summed E-state index contributed by atoms with van der Waals surface area (Å²) in [6.45, 7) is 16.5. The minimum absolute atomic E-state index is 0.00420. The number of fused-ring (bicyclic) bond motifs is 4. The van der Waals surface area contributed by atoms with Crippen molar-refractivity contribution in [3.05, 3.63) is 18.1 Å². The van der Waals surface area contributed by atoms with E-state index in [-0.39, 0.29) is 57.2 Å². The van der Waals surface area contributed by atoms with E-state index in [4.69, 9.17) is 18.9 Å². The van der Waals surface area contributed by atoms with Crippen LogP contribution in [-0.4, -0.2) is 91.2 Å². The molecule has 3 aliphatic heterocycles. The summed E-state index contributed by atoms with van der Waals surface area (Å²) in [5.74, 6) is 3.83. The Morgan fingerprint density at radius 1 is 0.941 bits per heavy atom. The first kappa shape index (κ1) is 35.4. The van der Waals surface area contributed by atoms with E-state index in [1.807, 2.05) is 9.80 Å². The Morgan fingerprint density at radius 2 is 1.71 bits per heavy atom. The predicted octanol–water partition coefficient (Wildman–Crippen LogP) is 6.09. The van der Waals surface area contributed by atoms with Crippen molar-refractivity contribution >= 4 is 11.8 Å². The van der Waals surface area contributed by atoms with Crippen LogP contribution in [0, 0.1) is 68.9 Å². The molecule has 0 bridgehead atoms. The highest BCUT2D eigenvalue weighted by atomic mass is 16.7. The normalized spacial score (nSPS) is 46.8. The van der Waals surface area contributed by atoms with E-state index in [1.165, 1.54) is 25.7 Å². The van der Waals surface area contributed by atoms with E-state index in [2.05, 4.69) is 34.6 Å². The maximum atomic E-state index is 13.0. The predicted molar refractivity (Wildman–Crippen MR) is 190 cm³/mol. The maximum Gasteiger partial charge on any atom is 0.223 e. The molecule has 9 heteroatoms. The first-order valence-corrected chi connectivity index (χ1v) is 20.7. The standard InChI is InChI=1S/C42H63N2O7/c1-26-22-28(8-11-32(45)43-16-19-48-20-17-43)50-36-35(26)39(4)14-15-42-25-41(42)13-12-31(38(2,3)29(41)9-10-30(42)40(39,5)37(36)47)51-34-24-44(18-21-49-34)33(46)23-27-6-7-27/h26-27,29,31,34-35,37,47H,6-25H2,1-5H3/t26-,29+,31?,34+,35+,37+,39-,40-,41-,42+/m1/s1. The number of nitrogens with zero attached hydrogens (tertiary/aromatic N) is 2. The molecule has 1 N–H and O–H groups in total. The van der Waals surface area contributed by atoms with E-state index in [1.54, 1.807) is 5.92 Å². The molecule has 0 aromatic carbocycles. The van der Waals surface area contributed by atoms with Crippen LogP contribution in [0.1, 0.15) is 118 Å². The van der Waals surface area contributed by atoms with Gasteiger partial charge in [0.05, 0.1) is 44.7 Å². The minimum Gasteiger partial charge on any atom is -0.389 e. The molecular formula is C42H63N2O7. The Bertz CT molecular complexity index is 1380. The van der Waals surface area contributed by atoms with Gasteiger partial charge in [0, 0.05) is 43.8 Å². The Labute approximate surface area is 306 Å². The fourth-order valence-electron chi connectivity index (χ4n) is 13.9. The highest BCUT2D eigenvalue weighted by Crippen LogP contribution is 2.90. The number of aliphatic hydroxyl groups is 1. The zero-order chi connectivity index (χ0) is 35.6. The molecule has 9 nitrogen and oxygen atoms in total. The topological polar surface area (TPSA) is 97.8 Å². The van der Waals surface area contributed by atoms with Crippen molar-refractivity contribution in [2.75, 3.05) is 46.0 Å². The number of morpholine rings is 2. The first-order chi connectivity index (χ1) is 24.3. The lowest BCUT2D eigenvalue weighted by Gasteiger charge is -2.63. The van der Waals surface area contributed by atoms with Gasteiger partial charge in [-0.25, -0.2) is 0 Å². The van der Waals surface area contributed by atoms with E-state index < -0.39 is 6.10 Å². The lowest BCUT2D eigenvalue weighted by molar-refractivity contribution is -0.242. The summed E-state index contributed by atoms with van der Waals surface area (Å²) in [6.07, 6.45) is 14.0. The second-order valence-corrected chi connectivity index (χ2v) is 19.5. The van der Waals surface area contributed by atoms with Gasteiger partial charge in [0.1, 0.15) is 6.10 Å². The number of rotatable bonds is 7. The SMILES string of the molecule is C[C@@H]1C[C](CCC(=O)N2CCOCC2)O[C]2[C@H]1[C@@]1(C)CC[C@@]34C[C@@]35CCC(O[C@H]3CN(C(=O)CC6CC6)CCO3)C(C)(C)[C@@H]5CC[C]4[C@]1(C)[C@H]2O. The van der Waals surface area contributed by atoms with Gasteiger partial charge in [0.15, 0.2) is 6.29 Å². The Kier molecular flexibility index (Phi) is 8.60. The van der Waals surface area contributed by atoms with Crippen LogP contribution in [0.3, 0.4) is 0 Å². The average Bonchev–Trinajstić information content (AvgIpc) is 4.04.